The van der Waals surface area contributed by atoms with E-state index in [9.17, 15) is 4.79 Å². The van der Waals surface area contributed by atoms with Crippen LogP contribution in [0, 0.1) is 0 Å². The third-order valence-electron chi connectivity index (χ3n) is 4.97. The van der Waals surface area contributed by atoms with Gasteiger partial charge in [0, 0.05) is 18.7 Å². The monoisotopic (exact) mass is 283 g/mol. The minimum absolute atomic E-state index is 0.188. The van der Waals surface area contributed by atoms with Crippen LogP contribution in [0.3, 0.4) is 0 Å². The molecule has 1 saturated carbocycles. The summed E-state index contributed by atoms with van der Waals surface area (Å²) in [5.74, 6) is -0.188. The summed E-state index contributed by atoms with van der Waals surface area (Å²) in [6.45, 7) is 4.64. The quantitative estimate of drug-likeness (QED) is 0.759. The minimum atomic E-state index is -0.507. The van der Waals surface area contributed by atoms with E-state index in [1.165, 1.54) is 0 Å². The number of carbonyl (C=O) groups excluding carboxylic acids is 1. The van der Waals surface area contributed by atoms with Crippen LogP contribution < -0.4 is 11.1 Å². The van der Waals surface area contributed by atoms with Crippen molar-refractivity contribution in [1.82, 2.24) is 10.2 Å². The van der Waals surface area contributed by atoms with Crippen molar-refractivity contribution in [2.45, 2.75) is 63.1 Å². The third kappa shape index (κ3) is 3.32. The fourth-order valence-electron chi connectivity index (χ4n) is 3.57. The summed E-state index contributed by atoms with van der Waals surface area (Å²) in [6.07, 6.45) is 6.02. The molecule has 1 aliphatic carbocycles. The Balaban J connectivity index is 2.02. The van der Waals surface area contributed by atoms with Crippen LogP contribution in [0.25, 0.3) is 0 Å². The van der Waals surface area contributed by atoms with Gasteiger partial charge in [-0.1, -0.05) is 6.92 Å². The molecule has 1 aliphatic heterocycles. The molecule has 2 aliphatic rings. The van der Waals surface area contributed by atoms with Crippen molar-refractivity contribution in [3.63, 3.8) is 0 Å². The Labute approximate surface area is 122 Å². The summed E-state index contributed by atoms with van der Waals surface area (Å²) >= 11 is 0. The number of ether oxygens (including phenoxy) is 1. The number of nitrogens with two attached hydrogens (primary N) is 1. The zero-order valence-corrected chi connectivity index (χ0v) is 12.9. The lowest BCUT2D eigenvalue weighted by Gasteiger charge is -2.44. The SMILES string of the molecule is CCCNC1(C(N)=O)CCCC(N(C)C2CCOC2)C1. The molecule has 20 heavy (non-hydrogen) atoms. The van der Waals surface area contributed by atoms with E-state index in [0.29, 0.717) is 12.1 Å². The smallest absolute Gasteiger partial charge is 0.237 e. The molecule has 0 aromatic rings. The van der Waals surface area contributed by atoms with Crippen molar-refractivity contribution in [1.29, 1.82) is 0 Å². The second-order valence-electron chi connectivity index (χ2n) is 6.31. The van der Waals surface area contributed by atoms with Gasteiger partial charge >= 0.3 is 0 Å². The first-order valence-corrected chi connectivity index (χ1v) is 7.93. The van der Waals surface area contributed by atoms with E-state index in [4.69, 9.17) is 10.5 Å². The standard InChI is InChI=1S/C15H29N3O2/c1-3-8-17-15(14(16)19)7-4-5-12(10-15)18(2)13-6-9-20-11-13/h12-13,17H,3-11H2,1-2H3,(H2,16,19). The molecule has 0 bridgehead atoms. The van der Waals surface area contributed by atoms with Gasteiger partial charge < -0.3 is 15.8 Å². The molecule has 3 atom stereocenters. The van der Waals surface area contributed by atoms with Crippen molar-refractivity contribution in [3.8, 4) is 0 Å². The Hall–Kier alpha value is -0.650. The first-order valence-electron chi connectivity index (χ1n) is 7.93. The maximum atomic E-state index is 12.0. The van der Waals surface area contributed by atoms with Crippen molar-refractivity contribution >= 4 is 5.91 Å². The number of primary amides is 1. The molecule has 1 heterocycles. The first kappa shape index (κ1) is 15.7. The van der Waals surface area contributed by atoms with Crippen molar-refractivity contribution < 1.29 is 9.53 Å². The zero-order chi connectivity index (χ0) is 14.6. The molecule has 5 nitrogen and oxygen atoms in total. The summed E-state index contributed by atoms with van der Waals surface area (Å²) in [5.41, 5.74) is 5.21. The highest BCUT2D eigenvalue weighted by atomic mass is 16.5. The van der Waals surface area contributed by atoms with Crippen LogP contribution in [0.5, 0.6) is 0 Å². The van der Waals surface area contributed by atoms with Gasteiger partial charge in [-0.25, -0.2) is 0 Å². The number of amides is 1. The van der Waals surface area contributed by atoms with Crippen LogP contribution >= 0.6 is 0 Å². The second-order valence-corrected chi connectivity index (χ2v) is 6.31. The highest BCUT2D eigenvalue weighted by molar-refractivity contribution is 5.84. The number of hydrogen-bond donors (Lipinski definition) is 2. The molecule has 5 heteroatoms. The Bertz CT molecular complexity index is 331. The summed E-state index contributed by atoms with van der Waals surface area (Å²) in [6, 6.07) is 0.919. The van der Waals surface area contributed by atoms with Gasteiger partial charge in [0.1, 0.15) is 0 Å². The topological polar surface area (TPSA) is 67.6 Å². The molecule has 0 aromatic heterocycles. The van der Waals surface area contributed by atoms with Gasteiger partial charge in [-0.05, 0) is 52.1 Å². The molecule has 2 rings (SSSR count). The number of rotatable bonds is 6. The number of hydrogen-bond acceptors (Lipinski definition) is 4. The lowest BCUT2D eigenvalue weighted by molar-refractivity contribution is -0.126. The van der Waals surface area contributed by atoms with Gasteiger partial charge in [0.25, 0.3) is 0 Å². The molecule has 3 unspecified atom stereocenters. The van der Waals surface area contributed by atoms with Crippen LogP contribution in [-0.2, 0) is 9.53 Å². The summed E-state index contributed by atoms with van der Waals surface area (Å²) in [5, 5.41) is 3.43. The average Bonchev–Trinajstić information content (AvgIpc) is 2.98. The van der Waals surface area contributed by atoms with E-state index < -0.39 is 5.54 Å². The fourth-order valence-corrected chi connectivity index (χ4v) is 3.57. The summed E-state index contributed by atoms with van der Waals surface area (Å²) in [4.78, 5) is 14.4. The summed E-state index contributed by atoms with van der Waals surface area (Å²) in [7, 11) is 2.17. The number of nitrogens with zero attached hydrogens (tertiary/aromatic N) is 1. The normalized spacial score (nSPS) is 34.5. The Morgan fingerprint density at radius 2 is 2.25 bits per heavy atom. The Morgan fingerprint density at radius 1 is 1.45 bits per heavy atom. The van der Waals surface area contributed by atoms with Gasteiger partial charge in [0.15, 0.2) is 0 Å². The highest BCUT2D eigenvalue weighted by Crippen LogP contribution is 2.32. The van der Waals surface area contributed by atoms with Crippen LogP contribution in [0.4, 0.5) is 0 Å². The van der Waals surface area contributed by atoms with Gasteiger partial charge in [-0.3, -0.25) is 9.69 Å². The van der Waals surface area contributed by atoms with E-state index in [0.717, 1.165) is 58.3 Å². The molecule has 3 N–H and O–H groups in total. The summed E-state index contributed by atoms with van der Waals surface area (Å²) < 4.78 is 5.48. The molecule has 116 valence electrons. The maximum absolute atomic E-state index is 12.0. The minimum Gasteiger partial charge on any atom is -0.380 e. The molecule has 0 spiro atoms. The van der Waals surface area contributed by atoms with Crippen LogP contribution in [-0.4, -0.2) is 55.2 Å². The highest BCUT2D eigenvalue weighted by Gasteiger charge is 2.43. The van der Waals surface area contributed by atoms with E-state index in [1.54, 1.807) is 0 Å². The number of carbonyl (C=O) groups is 1. The number of likely N-dealkylation sites (N-methyl/N-ethyl adjacent to an activating group) is 1. The van der Waals surface area contributed by atoms with Crippen molar-refractivity contribution in [2.75, 3.05) is 26.8 Å². The van der Waals surface area contributed by atoms with E-state index >= 15 is 0 Å². The van der Waals surface area contributed by atoms with Gasteiger partial charge in [0.2, 0.25) is 5.91 Å². The molecule has 1 saturated heterocycles. The van der Waals surface area contributed by atoms with Crippen LogP contribution in [0.2, 0.25) is 0 Å². The first-order chi connectivity index (χ1) is 9.59. The van der Waals surface area contributed by atoms with E-state index in [2.05, 4.69) is 24.2 Å². The second kappa shape index (κ2) is 6.87. The lowest BCUT2D eigenvalue weighted by Crippen LogP contribution is -2.61. The van der Waals surface area contributed by atoms with Crippen LogP contribution in [0.1, 0.15) is 45.4 Å². The van der Waals surface area contributed by atoms with Crippen molar-refractivity contribution in [3.05, 3.63) is 0 Å². The average molecular weight is 283 g/mol. The predicted molar refractivity (Wildman–Crippen MR) is 79.5 cm³/mol. The largest absolute Gasteiger partial charge is 0.380 e. The number of nitrogens with one attached hydrogen (secondary N) is 1. The van der Waals surface area contributed by atoms with Gasteiger partial charge in [-0.15, -0.1) is 0 Å². The molecule has 1 amide bonds. The molecule has 2 fully saturated rings. The lowest BCUT2D eigenvalue weighted by atomic mass is 9.77. The predicted octanol–water partition coefficient (Wildman–Crippen LogP) is 0.873. The molecule has 0 aromatic carbocycles. The van der Waals surface area contributed by atoms with Crippen molar-refractivity contribution in [2.24, 2.45) is 5.73 Å². The maximum Gasteiger partial charge on any atom is 0.237 e. The Kier molecular flexibility index (Phi) is 5.41. The third-order valence-corrected chi connectivity index (χ3v) is 4.97. The van der Waals surface area contributed by atoms with Gasteiger partial charge in [-0.2, -0.15) is 0 Å². The van der Waals surface area contributed by atoms with E-state index in [-0.39, 0.29) is 5.91 Å². The fraction of sp³-hybridized carbons (Fsp3) is 0.933. The zero-order valence-electron chi connectivity index (χ0n) is 12.9. The molecular weight excluding hydrogens is 254 g/mol. The van der Waals surface area contributed by atoms with E-state index in [1.807, 2.05) is 0 Å². The Morgan fingerprint density at radius 3 is 2.85 bits per heavy atom. The van der Waals surface area contributed by atoms with Gasteiger partial charge in [0.05, 0.1) is 12.1 Å². The molecular formula is C15H29N3O2. The van der Waals surface area contributed by atoms with Crippen LogP contribution in [0.15, 0.2) is 0 Å². The molecule has 0 radical (unpaired) electrons.